The number of carbonyl (C=O) groups excluding carboxylic acids is 4. The molecule has 418 valence electrons. The molecule has 5 rings (SSSR count). The van der Waals surface area contributed by atoms with Gasteiger partial charge < -0.3 is 66.3 Å². The van der Waals surface area contributed by atoms with Gasteiger partial charge in [0.2, 0.25) is 17.5 Å². The lowest BCUT2D eigenvalue weighted by Gasteiger charge is -2.29. The number of hydrogen-bond acceptors (Lipinski definition) is 14. The van der Waals surface area contributed by atoms with Gasteiger partial charge in [0.05, 0.1) is 12.1 Å². The zero-order chi connectivity index (χ0) is 53.9. The Kier molecular flexibility index (Phi) is 27.8. The van der Waals surface area contributed by atoms with E-state index in [4.69, 9.17) is 21.8 Å². The lowest BCUT2D eigenvalue weighted by Crippen LogP contribution is -2.55. The molecule has 2 aliphatic rings. The van der Waals surface area contributed by atoms with Gasteiger partial charge in [-0.15, -0.1) is 0 Å². The summed E-state index contributed by atoms with van der Waals surface area (Å²) in [7, 11) is 2.41. The third-order valence-corrected chi connectivity index (χ3v) is 13.3. The summed E-state index contributed by atoms with van der Waals surface area (Å²) in [6, 6.07) is 8.10. The third-order valence-electron chi connectivity index (χ3n) is 13.3. The van der Waals surface area contributed by atoms with Gasteiger partial charge in [-0.1, -0.05) is 97.9 Å². The van der Waals surface area contributed by atoms with Crippen molar-refractivity contribution in [2.24, 2.45) is 11.8 Å². The first-order valence-corrected chi connectivity index (χ1v) is 24.9. The number of allylic oxidation sites excluding steroid dienone is 2. The first-order valence-electron chi connectivity index (χ1n) is 24.9. The number of carbonyl (C=O) groups is 4. The van der Waals surface area contributed by atoms with E-state index in [2.05, 4.69) is 25.7 Å². The van der Waals surface area contributed by atoms with E-state index in [0.717, 1.165) is 42.1 Å². The van der Waals surface area contributed by atoms with E-state index < -0.39 is 78.5 Å². The van der Waals surface area contributed by atoms with E-state index in [1.54, 1.807) is 23.1 Å². The van der Waals surface area contributed by atoms with Crippen LogP contribution in [-0.4, -0.2) is 162 Å². The van der Waals surface area contributed by atoms with Gasteiger partial charge in [0.15, 0.2) is 18.0 Å². The van der Waals surface area contributed by atoms with E-state index in [1.165, 1.54) is 43.4 Å². The molecule has 2 fully saturated rings. The minimum Gasteiger partial charge on any atom is -0.387 e. The van der Waals surface area contributed by atoms with Crippen LogP contribution in [0.15, 0.2) is 60.7 Å². The maximum atomic E-state index is 14.0. The third kappa shape index (κ3) is 18.5. The predicted molar refractivity (Wildman–Crippen MR) is 284 cm³/mol. The summed E-state index contributed by atoms with van der Waals surface area (Å²) in [6.45, 7) is 16.2. The molecule has 2 aliphatic heterocycles. The van der Waals surface area contributed by atoms with Crippen LogP contribution in [-0.2, 0) is 41.7 Å². The predicted octanol–water partition coefficient (Wildman–Crippen LogP) is 4.19. The molecule has 0 bridgehead atoms. The molecule has 12 atom stereocenters. The van der Waals surface area contributed by atoms with Gasteiger partial charge in [0.25, 0.3) is 11.8 Å². The molecule has 0 radical (unpaired) electrons. The van der Waals surface area contributed by atoms with Crippen molar-refractivity contribution in [3.05, 3.63) is 89.1 Å². The summed E-state index contributed by atoms with van der Waals surface area (Å²) in [4.78, 5) is 58.7. The molecule has 75 heavy (non-hydrogen) atoms. The average molecular weight is 1060 g/mol. The summed E-state index contributed by atoms with van der Waals surface area (Å²) in [6.07, 6.45) is -1.03. The van der Waals surface area contributed by atoms with E-state index in [9.17, 15) is 54.2 Å². The van der Waals surface area contributed by atoms with Crippen molar-refractivity contribution >= 4 is 46.0 Å². The van der Waals surface area contributed by atoms with E-state index in [0.29, 0.717) is 56.7 Å². The summed E-state index contributed by atoms with van der Waals surface area (Å²) in [5.41, 5.74) is 7.93. The number of aliphatic hydroxyl groups is 6. The molecule has 2 saturated heterocycles. The van der Waals surface area contributed by atoms with Crippen LogP contribution in [0.3, 0.4) is 0 Å². The Morgan fingerprint density at radius 1 is 0.760 bits per heavy atom. The van der Waals surface area contributed by atoms with Gasteiger partial charge in [0, 0.05) is 45.8 Å². The normalized spacial score (nSPS) is 20.3. The molecule has 11 N–H and O–H groups in total. The molecule has 21 heteroatoms. The molecule has 0 aliphatic carbocycles. The lowest BCUT2D eigenvalue weighted by atomic mass is 9.99. The van der Waals surface area contributed by atoms with Crippen molar-refractivity contribution in [3.63, 3.8) is 0 Å². The van der Waals surface area contributed by atoms with Crippen molar-refractivity contribution in [1.29, 1.82) is 0 Å². The summed E-state index contributed by atoms with van der Waals surface area (Å²) >= 11 is 0. The second-order valence-electron chi connectivity index (χ2n) is 18.8. The number of hydrogen-bond donors (Lipinski definition) is 10. The smallest absolute Gasteiger partial charge is 0.252 e. The molecule has 3 aromatic rings. The first kappa shape index (κ1) is 65.3. The fourth-order valence-corrected chi connectivity index (χ4v) is 8.34. The lowest BCUT2D eigenvalue weighted by molar-refractivity contribution is -0.152. The molecule has 3 heterocycles. The number of rotatable bonds is 22. The van der Waals surface area contributed by atoms with Gasteiger partial charge >= 0.3 is 0 Å². The number of nitrogens with zero attached hydrogens (tertiary/aromatic N) is 4. The number of anilines is 1. The number of likely N-dealkylation sites (tertiary alicyclic amines) is 2. The Morgan fingerprint density at radius 3 is 1.61 bits per heavy atom. The zero-order valence-corrected chi connectivity index (χ0v) is 42.6. The number of nitrogen functional groups attached to an aromatic ring is 1. The topological polar surface area (TPSA) is 298 Å². The number of benzene rings is 2. The minimum atomic E-state index is -1.74. The van der Waals surface area contributed by atoms with Gasteiger partial charge in [-0.25, -0.2) is 9.24 Å². The molecule has 20 nitrogen and oxygen atoms in total. The van der Waals surface area contributed by atoms with Crippen LogP contribution < -0.4 is 16.4 Å². The van der Waals surface area contributed by atoms with Gasteiger partial charge in [0.1, 0.15) is 54.5 Å². The van der Waals surface area contributed by atoms with E-state index in [1.807, 2.05) is 45.9 Å². The van der Waals surface area contributed by atoms with Crippen molar-refractivity contribution in [3.8, 4) is 0 Å². The number of methoxy groups -OCH3 is 2. The zero-order valence-electron chi connectivity index (χ0n) is 42.6. The van der Waals surface area contributed by atoms with Crippen LogP contribution in [0.4, 0.5) is 15.9 Å². The summed E-state index contributed by atoms with van der Waals surface area (Å²) in [5.74, 6) is -2.04. The van der Waals surface area contributed by atoms with Gasteiger partial charge in [-0.2, -0.15) is 5.10 Å². The van der Waals surface area contributed by atoms with Crippen LogP contribution >= 0.6 is 0 Å². The maximum Gasteiger partial charge on any atom is 0.252 e. The number of fused-ring (bicyclic) bond motifs is 1. The first-order chi connectivity index (χ1) is 34.8. The molecule has 4 amide bonds. The minimum absolute atomic E-state index is 0. The quantitative estimate of drug-likeness (QED) is 0.0499. The molecule has 2 aromatic carbocycles. The van der Waals surface area contributed by atoms with Crippen molar-refractivity contribution < 1.29 is 63.7 Å². The van der Waals surface area contributed by atoms with Gasteiger partial charge in [-0.3, -0.25) is 24.3 Å². The molecular formula is C54H83FN8O12. The second-order valence-corrected chi connectivity index (χ2v) is 18.8. The number of amides is 4. The van der Waals surface area contributed by atoms with Crippen molar-refractivity contribution in [1.82, 2.24) is 30.6 Å². The van der Waals surface area contributed by atoms with Crippen LogP contribution in [0.25, 0.3) is 15.7 Å². The average Bonchev–Trinajstić information content (AvgIpc) is 3.56. The van der Waals surface area contributed by atoms with Crippen LogP contribution in [0, 0.1) is 24.2 Å². The van der Waals surface area contributed by atoms with E-state index in [-0.39, 0.29) is 50.7 Å². The molecule has 1 aromatic heterocycles. The summed E-state index contributed by atoms with van der Waals surface area (Å²) in [5, 5.41) is 75.3. The van der Waals surface area contributed by atoms with Crippen LogP contribution in [0.5, 0.6) is 0 Å². The number of aromatic amines is 1. The van der Waals surface area contributed by atoms with Gasteiger partial charge in [-0.05, 0) is 79.7 Å². The Balaban J connectivity index is 0.000000500. The Morgan fingerprint density at radius 2 is 1.20 bits per heavy atom. The highest BCUT2D eigenvalue weighted by molar-refractivity contribution is 5.91. The van der Waals surface area contributed by atoms with Crippen LogP contribution in [0.2, 0.25) is 0 Å². The number of aromatic nitrogens is 2. The van der Waals surface area contributed by atoms with E-state index >= 15 is 0 Å². The fraction of sp³-hybridized carbons (Fsp3) is 0.593. The Hall–Kier alpha value is -5.83. The largest absolute Gasteiger partial charge is 0.387 e. The molecule has 2 unspecified atom stereocenters. The highest BCUT2D eigenvalue weighted by Gasteiger charge is 2.39. The number of nitrogens with two attached hydrogens (primary N) is 1. The number of H-pyrrole nitrogens is 1. The van der Waals surface area contributed by atoms with Crippen molar-refractivity contribution in [2.75, 3.05) is 33.0 Å². The van der Waals surface area contributed by atoms with Crippen LogP contribution in [0.1, 0.15) is 105 Å². The molecule has 0 saturated carbocycles. The number of aliphatic hydroxyl groups excluding tert-OH is 6. The number of nitrogens with one attached hydrogen (secondary N) is 3. The second kappa shape index (κ2) is 31.9. The monoisotopic (exact) mass is 1050 g/mol. The van der Waals surface area contributed by atoms with Crippen molar-refractivity contribution in [2.45, 2.75) is 168 Å². The maximum absolute atomic E-state index is 14.0. The fourth-order valence-electron chi connectivity index (χ4n) is 8.34. The highest BCUT2D eigenvalue weighted by Crippen LogP contribution is 2.24. The highest BCUT2D eigenvalue weighted by atomic mass is 19.1. The Bertz CT molecular complexity index is 2380. The standard InChI is InChI=1S/C26H36FN3O6.C26H39N5O6.2CH4/c1-5-16(2)9-12-21(31)22(32)23(33)24(36-4)25(34)29-20-8-6-7-13-30(26(20)35)15-17-10-11-19(28-3)18(27)14-17;1-4-15(2)8-11-20(32)21(33)22(34)23(37-3)25(35)28-18-7-5-6-12-31(26(18)36)14-16-9-10-17-19(13-16)29-30-24(17)27;;/h9-12,14,16,20-24,31-33H,5-8,13,15H2,1-2,4H3,(H,29,34);8-11,13,15,18,20-23,32-34H,4-7,12,14H2,1-3H3,(H,28,35)(H3,27,29,30);2*1H4/b12-9+;11-8+;;/t16?,20-,21+,22-,23+,24+;15?,18-,20+,21-,22+,23+;;/m00../s1. The SMILES string of the molecule is C.C.CCC(C)/C=C/[C@@H](O)[C@H](O)[C@@H](O)[C@@H](OC)C(=O)N[C@H]1CCCCN(Cc2ccc3c(N)n[nH]c3c2)C1=O.[C-]#[N+]c1ccc(CN2CCCC[C@H](NC(=O)[C@H](OC)[C@H](O)[C@@H](O)[C@H](O)/C=C/C(C)CC)C2=O)cc1F. The molecule has 0 spiro atoms. The Labute approximate surface area is 441 Å². The number of halogens is 1. The summed E-state index contributed by atoms with van der Waals surface area (Å²) < 4.78 is 24.3. The number of ether oxygens (including phenoxy) is 2. The molecular weight excluding hydrogens is 972 g/mol.